The lowest BCUT2D eigenvalue weighted by Gasteiger charge is -2.27. The molecule has 1 amide bonds. The summed E-state index contributed by atoms with van der Waals surface area (Å²) in [6, 6.07) is 20.2. The van der Waals surface area contributed by atoms with E-state index in [1.807, 2.05) is 68.4 Å². The minimum absolute atomic E-state index is 0.103. The smallest absolute Gasteiger partial charge is 0.290 e. The van der Waals surface area contributed by atoms with Crippen LogP contribution in [-0.2, 0) is 6.61 Å². The Hall–Kier alpha value is -4.10. The minimum atomic E-state index is -0.594. The van der Waals surface area contributed by atoms with Crippen LogP contribution in [0.1, 0.15) is 38.9 Å². The van der Waals surface area contributed by atoms with Gasteiger partial charge in [0.15, 0.2) is 16.9 Å². The van der Waals surface area contributed by atoms with E-state index in [2.05, 4.69) is 0 Å². The largest absolute Gasteiger partial charge is 0.493 e. The maximum Gasteiger partial charge on any atom is 0.290 e. The number of amides is 1. The zero-order chi connectivity index (χ0) is 26.1. The number of benzene rings is 3. The third-order valence-electron chi connectivity index (χ3n) is 6.68. The molecule has 1 aromatic heterocycles. The topological polar surface area (TPSA) is 72.2 Å². The van der Waals surface area contributed by atoms with Gasteiger partial charge in [-0.25, -0.2) is 0 Å². The van der Waals surface area contributed by atoms with Gasteiger partial charge in [-0.05, 0) is 56.4 Å². The molecule has 0 N–H and O–H groups in total. The van der Waals surface area contributed by atoms with Crippen LogP contribution in [0, 0.1) is 6.92 Å². The molecule has 1 aliphatic heterocycles. The second kappa shape index (κ2) is 10.1. The van der Waals surface area contributed by atoms with Crippen molar-refractivity contribution in [3.63, 3.8) is 0 Å². The second-order valence-electron chi connectivity index (χ2n) is 9.56. The molecule has 0 bridgehead atoms. The number of carbonyl (C=O) groups excluding carboxylic acids is 1. The molecule has 0 fully saturated rings. The summed E-state index contributed by atoms with van der Waals surface area (Å²) in [5.74, 6) is 0.930. The van der Waals surface area contributed by atoms with Crippen LogP contribution in [0.25, 0.3) is 11.0 Å². The van der Waals surface area contributed by atoms with E-state index < -0.39 is 6.04 Å². The van der Waals surface area contributed by atoms with Gasteiger partial charge >= 0.3 is 0 Å². The van der Waals surface area contributed by atoms with Crippen LogP contribution in [0.5, 0.6) is 11.5 Å². The summed E-state index contributed by atoms with van der Waals surface area (Å²) in [6.07, 6.45) is 0. The molecule has 7 nitrogen and oxygen atoms in total. The number of ether oxygens (including phenoxy) is 2. The Labute approximate surface area is 215 Å². The minimum Gasteiger partial charge on any atom is -0.493 e. The van der Waals surface area contributed by atoms with Crippen molar-refractivity contribution in [1.82, 2.24) is 9.80 Å². The molecule has 2 heterocycles. The van der Waals surface area contributed by atoms with E-state index in [0.717, 1.165) is 11.1 Å². The molecular weight excluding hydrogens is 468 g/mol. The summed E-state index contributed by atoms with van der Waals surface area (Å²) < 4.78 is 17.7. The van der Waals surface area contributed by atoms with Crippen molar-refractivity contribution in [1.29, 1.82) is 0 Å². The van der Waals surface area contributed by atoms with Crippen LogP contribution in [0.15, 0.2) is 75.9 Å². The third kappa shape index (κ3) is 4.70. The first-order valence-corrected chi connectivity index (χ1v) is 12.2. The third-order valence-corrected chi connectivity index (χ3v) is 6.68. The van der Waals surface area contributed by atoms with Crippen molar-refractivity contribution in [2.75, 3.05) is 34.3 Å². The molecule has 1 atom stereocenters. The quantitative estimate of drug-likeness (QED) is 0.348. The molecule has 5 rings (SSSR count). The first-order chi connectivity index (χ1) is 17.9. The van der Waals surface area contributed by atoms with Gasteiger partial charge in [0, 0.05) is 13.1 Å². The molecule has 37 heavy (non-hydrogen) atoms. The van der Waals surface area contributed by atoms with Crippen molar-refractivity contribution >= 4 is 16.9 Å². The predicted molar refractivity (Wildman–Crippen MR) is 142 cm³/mol. The van der Waals surface area contributed by atoms with E-state index in [0.29, 0.717) is 47.7 Å². The van der Waals surface area contributed by atoms with Crippen LogP contribution in [0.2, 0.25) is 0 Å². The highest BCUT2D eigenvalue weighted by Crippen LogP contribution is 2.41. The van der Waals surface area contributed by atoms with E-state index in [1.165, 1.54) is 5.56 Å². The summed E-state index contributed by atoms with van der Waals surface area (Å²) in [4.78, 5) is 30.9. The lowest BCUT2D eigenvalue weighted by atomic mass is 9.98. The van der Waals surface area contributed by atoms with E-state index in [9.17, 15) is 9.59 Å². The van der Waals surface area contributed by atoms with Crippen molar-refractivity contribution in [3.05, 3.63) is 105 Å². The van der Waals surface area contributed by atoms with Gasteiger partial charge in [-0.2, -0.15) is 0 Å². The fourth-order valence-electron chi connectivity index (χ4n) is 4.67. The number of rotatable bonds is 8. The molecule has 7 heteroatoms. The normalized spacial score (nSPS) is 14.9. The Kier molecular flexibility index (Phi) is 6.72. The van der Waals surface area contributed by atoms with Crippen molar-refractivity contribution < 1.29 is 18.7 Å². The fourth-order valence-corrected chi connectivity index (χ4v) is 4.67. The summed E-state index contributed by atoms with van der Waals surface area (Å²) in [5, 5.41) is 0.457. The SMILES string of the molecule is COc1cc([C@H]2c3c(oc4ccccc4c3=O)C(=O)N2CCN(C)C)ccc1OCc1ccc(C)cc1. The van der Waals surface area contributed by atoms with Crippen LogP contribution >= 0.6 is 0 Å². The van der Waals surface area contributed by atoms with E-state index in [4.69, 9.17) is 13.9 Å². The van der Waals surface area contributed by atoms with Crippen molar-refractivity contribution in [2.45, 2.75) is 19.6 Å². The zero-order valence-electron chi connectivity index (χ0n) is 21.5. The number of methoxy groups -OCH3 is 1. The first-order valence-electron chi connectivity index (χ1n) is 12.2. The standard InChI is InChI=1S/C30H30N2O5/c1-19-9-11-20(12-10-19)18-36-24-14-13-21(17-25(24)35-4)27-26-28(33)22-7-5-6-8-23(22)37-29(26)30(34)32(27)16-15-31(2)3/h5-14,17,27H,15-16,18H2,1-4H3/t27-/m0/s1. The first kappa shape index (κ1) is 24.6. The molecule has 0 aliphatic carbocycles. The van der Waals surface area contributed by atoms with Gasteiger partial charge in [0.05, 0.1) is 24.1 Å². The maximum absolute atomic E-state index is 13.6. The lowest BCUT2D eigenvalue weighted by Crippen LogP contribution is -2.35. The van der Waals surface area contributed by atoms with E-state index in [1.54, 1.807) is 36.3 Å². The zero-order valence-corrected chi connectivity index (χ0v) is 21.5. The van der Waals surface area contributed by atoms with Gasteiger partial charge < -0.3 is 23.7 Å². The Morgan fingerprint density at radius 2 is 1.73 bits per heavy atom. The number of hydrogen-bond acceptors (Lipinski definition) is 6. The molecule has 0 saturated carbocycles. The Balaban J connectivity index is 1.55. The maximum atomic E-state index is 13.6. The Morgan fingerprint density at radius 1 is 0.973 bits per heavy atom. The van der Waals surface area contributed by atoms with Gasteiger partial charge in [0.1, 0.15) is 12.2 Å². The van der Waals surface area contributed by atoms with Gasteiger partial charge in [-0.1, -0.05) is 48.0 Å². The van der Waals surface area contributed by atoms with Crippen LogP contribution in [0.3, 0.4) is 0 Å². The highest BCUT2D eigenvalue weighted by atomic mass is 16.5. The molecule has 0 radical (unpaired) electrons. The Morgan fingerprint density at radius 3 is 2.46 bits per heavy atom. The van der Waals surface area contributed by atoms with Crippen LogP contribution < -0.4 is 14.9 Å². The summed E-state index contributed by atoms with van der Waals surface area (Å²) in [5.41, 5.74) is 3.57. The molecule has 0 unspecified atom stereocenters. The molecule has 0 saturated heterocycles. The van der Waals surface area contributed by atoms with Crippen LogP contribution in [-0.4, -0.2) is 50.0 Å². The van der Waals surface area contributed by atoms with E-state index in [-0.39, 0.29) is 17.1 Å². The summed E-state index contributed by atoms with van der Waals surface area (Å²) in [7, 11) is 5.48. The van der Waals surface area contributed by atoms with Gasteiger partial charge in [0.25, 0.3) is 5.91 Å². The number of carbonyl (C=O) groups is 1. The molecular formula is C30H30N2O5. The van der Waals surface area contributed by atoms with Gasteiger partial charge in [0.2, 0.25) is 5.76 Å². The van der Waals surface area contributed by atoms with Crippen LogP contribution in [0.4, 0.5) is 0 Å². The van der Waals surface area contributed by atoms with Gasteiger partial charge in [-0.15, -0.1) is 0 Å². The molecule has 0 spiro atoms. The lowest BCUT2D eigenvalue weighted by molar-refractivity contribution is 0.0716. The number of nitrogens with zero attached hydrogens (tertiary/aromatic N) is 2. The second-order valence-corrected chi connectivity index (χ2v) is 9.56. The highest BCUT2D eigenvalue weighted by Gasteiger charge is 2.42. The van der Waals surface area contributed by atoms with Gasteiger partial charge in [-0.3, -0.25) is 9.59 Å². The summed E-state index contributed by atoms with van der Waals surface area (Å²) >= 11 is 0. The number of fused-ring (bicyclic) bond motifs is 2. The predicted octanol–water partition coefficient (Wildman–Crippen LogP) is 4.80. The number of likely N-dealkylation sites (N-methyl/N-ethyl adjacent to an activating group) is 1. The van der Waals surface area contributed by atoms with Crippen molar-refractivity contribution in [2.24, 2.45) is 0 Å². The molecule has 190 valence electrons. The fraction of sp³-hybridized carbons (Fsp3) is 0.267. The average Bonchev–Trinajstić information content (AvgIpc) is 3.18. The average molecular weight is 499 g/mol. The van der Waals surface area contributed by atoms with Crippen molar-refractivity contribution in [3.8, 4) is 11.5 Å². The molecule has 3 aromatic carbocycles. The number of aryl methyl sites for hydroxylation is 1. The van der Waals surface area contributed by atoms with E-state index >= 15 is 0 Å². The highest BCUT2D eigenvalue weighted by molar-refractivity contribution is 5.99. The number of para-hydroxylation sites is 1. The molecule has 1 aliphatic rings. The monoisotopic (exact) mass is 498 g/mol. The molecule has 4 aromatic rings. The summed E-state index contributed by atoms with van der Waals surface area (Å²) in [6.45, 7) is 3.51. The Bertz CT molecular complexity index is 1510. The number of hydrogen-bond donors (Lipinski definition) is 0.